The quantitative estimate of drug-likeness (QED) is 0.461. The monoisotopic (exact) mass is 214 g/mol. The number of aryl methyl sites for hydroxylation is 1. The SMILES string of the molecule is C=C(C#N)C(=O)NCCCc1ccccc1. The van der Waals surface area contributed by atoms with Gasteiger partial charge in [-0.1, -0.05) is 36.9 Å². The van der Waals surface area contributed by atoms with Crippen molar-refractivity contribution < 1.29 is 4.79 Å². The van der Waals surface area contributed by atoms with Crippen LogP contribution < -0.4 is 5.32 Å². The third-order valence-electron chi connectivity index (χ3n) is 2.18. The van der Waals surface area contributed by atoms with Crippen molar-refractivity contribution in [2.45, 2.75) is 12.8 Å². The maximum atomic E-state index is 11.2. The van der Waals surface area contributed by atoms with E-state index in [4.69, 9.17) is 5.26 Å². The summed E-state index contributed by atoms with van der Waals surface area (Å²) in [6.07, 6.45) is 1.77. The van der Waals surface area contributed by atoms with Gasteiger partial charge < -0.3 is 5.32 Å². The Morgan fingerprint density at radius 3 is 2.69 bits per heavy atom. The number of amides is 1. The van der Waals surface area contributed by atoms with Crippen LogP contribution in [-0.4, -0.2) is 12.5 Å². The Morgan fingerprint density at radius 1 is 1.38 bits per heavy atom. The number of hydrogen-bond acceptors (Lipinski definition) is 2. The molecule has 1 aromatic carbocycles. The highest BCUT2D eigenvalue weighted by Crippen LogP contribution is 2.01. The van der Waals surface area contributed by atoms with Gasteiger partial charge in [0.2, 0.25) is 0 Å². The maximum Gasteiger partial charge on any atom is 0.261 e. The first-order valence-corrected chi connectivity index (χ1v) is 5.15. The molecule has 0 saturated carbocycles. The minimum absolute atomic E-state index is 0.0419. The second kappa shape index (κ2) is 6.41. The molecule has 0 aromatic heterocycles. The Labute approximate surface area is 95.4 Å². The normalized spacial score (nSPS) is 9.19. The van der Waals surface area contributed by atoms with E-state index in [-0.39, 0.29) is 11.5 Å². The summed E-state index contributed by atoms with van der Waals surface area (Å²) >= 11 is 0. The van der Waals surface area contributed by atoms with E-state index in [0.29, 0.717) is 6.54 Å². The lowest BCUT2D eigenvalue weighted by atomic mass is 10.1. The van der Waals surface area contributed by atoms with Crippen molar-refractivity contribution in [3.8, 4) is 6.07 Å². The molecular weight excluding hydrogens is 200 g/mol. The summed E-state index contributed by atoms with van der Waals surface area (Å²) in [5.41, 5.74) is 1.20. The molecule has 16 heavy (non-hydrogen) atoms. The molecule has 1 rings (SSSR count). The Bertz CT molecular complexity index is 404. The van der Waals surface area contributed by atoms with Crippen LogP contribution in [0.3, 0.4) is 0 Å². The molecule has 0 aliphatic carbocycles. The molecule has 0 atom stereocenters. The van der Waals surface area contributed by atoms with Crippen molar-refractivity contribution in [3.05, 3.63) is 48.0 Å². The molecule has 3 heteroatoms. The number of nitrogens with one attached hydrogen (secondary N) is 1. The van der Waals surface area contributed by atoms with Crippen molar-refractivity contribution >= 4 is 5.91 Å². The van der Waals surface area contributed by atoms with Crippen molar-refractivity contribution in [1.29, 1.82) is 5.26 Å². The highest BCUT2D eigenvalue weighted by Gasteiger charge is 2.03. The zero-order valence-electron chi connectivity index (χ0n) is 9.07. The summed E-state index contributed by atoms with van der Waals surface area (Å²) < 4.78 is 0. The third kappa shape index (κ3) is 3.97. The molecule has 0 heterocycles. The van der Waals surface area contributed by atoms with Gasteiger partial charge in [-0.3, -0.25) is 4.79 Å². The second-order valence-electron chi connectivity index (χ2n) is 3.44. The minimum atomic E-state index is -0.379. The lowest BCUT2D eigenvalue weighted by Crippen LogP contribution is -2.25. The Balaban J connectivity index is 2.21. The number of nitrogens with zero attached hydrogens (tertiary/aromatic N) is 1. The zero-order valence-corrected chi connectivity index (χ0v) is 9.07. The average Bonchev–Trinajstić information content (AvgIpc) is 2.34. The molecule has 0 aliphatic heterocycles. The van der Waals surface area contributed by atoms with Gasteiger partial charge in [-0.05, 0) is 18.4 Å². The summed E-state index contributed by atoms with van der Waals surface area (Å²) in [5.74, 6) is -0.379. The van der Waals surface area contributed by atoms with Gasteiger partial charge in [0.25, 0.3) is 5.91 Å². The Hall–Kier alpha value is -2.08. The van der Waals surface area contributed by atoms with E-state index in [9.17, 15) is 4.79 Å². The van der Waals surface area contributed by atoms with Gasteiger partial charge in [0, 0.05) is 6.54 Å². The van der Waals surface area contributed by atoms with E-state index in [2.05, 4.69) is 24.0 Å². The van der Waals surface area contributed by atoms with Gasteiger partial charge in [0.05, 0.1) is 0 Å². The van der Waals surface area contributed by atoms with E-state index in [1.165, 1.54) is 5.56 Å². The van der Waals surface area contributed by atoms with E-state index in [0.717, 1.165) is 12.8 Å². The Morgan fingerprint density at radius 2 is 2.06 bits per heavy atom. The van der Waals surface area contributed by atoms with Crippen LogP contribution >= 0.6 is 0 Å². The zero-order chi connectivity index (χ0) is 11.8. The van der Waals surface area contributed by atoms with E-state index >= 15 is 0 Å². The standard InChI is InChI=1S/C13H14N2O/c1-11(10-14)13(16)15-9-5-8-12-6-3-2-4-7-12/h2-4,6-7H,1,5,8-9H2,(H,15,16). The number of nitriles is 1. The summed E-state index contributed by atoms with van der Waals surface area (Å²) in [6.45, 7) is 3.90. The van der Waals surface area contributed by atoms with Gasteiger partial charge in [-0.2, -0.15) is 5.26 Å². The van der Waals surface area contributed by atoms with Gasteiger partial charge in [-0.15, -0.1) is 0 Å². The lowest BCUT2D eigenvalue weighted by Gasteiger charge is -2.03. The molecule has 0 saturated heterocycles. The number of rotatable bonds is 5. The number of benzene rings is 1. The van der Waals surface area contributed by atoms with Crippen molar-refractivity contribution in [1.82, 2.24) is 5.32 Å². The average molecular weight is 214 g/mol. The molecule has 0 fully saturated rings. The van der Waals surface area contributed by atoms with E-state index in [1.54, 1.807) is 6.07 Å². The molecule has 0 bridgehead atoms. The van der Waals surface area contributed by atoms with Crippen LogP contribution in [0.15, 0.2) is 42.5 Å². The smallest absolute Gasteiger partial charge is 0.261 e. The van der Waals surface area contributed by atoms with Crippen LogP contribution in [0.4, 0.5) is 0 Å². The van der Waals surface area contributed by atoms with E-state index < -0.39 is 0 Å². The largest absolute Gasteiger partial charge is 0.351 e. The van der Waals surface area contributed by atoms with Crippen molar-refractivity contribution in [2.75, 3.05) is 6.54 Å². The Kier molecular flexibility index (Phi) is 4.81. The predicted molar refractivity (Wildman–Crippen MR) is 62.5 cm³/mol. The second-order valence-corrected chi connectivity index (χ2v) is 3.44. The van der Waals surface area contributed by atoms with Gasteiger partial charge in [0.15, 0.2) is 0 Å². The summed E-state index contributed by atoms with van der Waals surface area (Å²) in [4.78, 5) is 11.2. The van der Waals surface area contributed by atoms with Crippen molar-refractivity contribution in [3.63, 3.8) is 0 Å². The molecule has 1 amide bonds. The fourth-order valence-electron chi connectivity index (χ4n) is 1.30. The first-order chi connectivity index (χ1) is 7.74. The summed E-state index contributed by atoms with van der Waals surface area (Å²) in [6, 6.07) is 11.8. The fraction of sp³-hybridized carbons (Fsp3) is 0.231. The topological polar surface area (TPSA) is 52.9 Å². The highest BCUT2D eigenvalue weighted by atomic mass is 16.1. The highest BCUT2D eigenvalue weighted by molar-refractivity contribution is 5.96. The molecule has 0 spiro atoms. The molecule has 0 radical (unpaired) electrons. The lowest BCUT2D eigenvalue weighted by molar-refractivity contribution is -0.117. The molecule has 1 N–H and O–H groups in total. The van der Waals surface area contributed by atoms with Gasteiger partial charge >= 0.3 is 0 Å². The first kappa shape index (κ1) is 12.0. The molecule has 0 unspecified atom stereocenters. The minimum Gasteiger partial charge on any atom is -0.351 e. The molecule has 82 valence electrons. The number of hydrogen-bond donors (Lipinski definition) is 1. The van der Waals surface area contributed by atoms with E-state index in [1.807, 2.05) is 18.2 Å². The molecule has 0 aliphatic rings. The fourth-order valence-corrected chi connectivity index (χ4v) is 1.30. The first-order valence-electron chi connectivity index (χ1n) is 5.15. The van der Waals surface area contributed by atoms with Crippen LogP contribution in [-0.2, 0) is 11.2 Å². The predicted octanol–water partition coefficient (Wildman–Crippen LogP) is 1.82. The molecular formula is C13H14N2O. The van der Waals surface area contributed by atoms with Crippen LogP contribution in [0.5, 0.6) is 0 Å². The van der Waals surface area contributed by atoms with Crippen LogP contribution in [0.25, 0.3) is 0 Å². The third-order valence-corrected chi connectivity index (χ3v) is 2.18. The van der Waals surface area contributed by atoms with Crippen LogP contribution in [0, 0.1) is 11.3 Å². The maximum absolute atomic E-state index is 11.2. The summed E-state index contributed by atoms with van der Waals surface area (Å²) in [5, 5.41) is 11.1. The van der Waals surface area contributed by atoms with Crippen LogP contribution in [0.1, 0.15) is 12.0 Å². The number of carbonyl (C=O) groups is 1. The molecule has 3 nitrogen and oxygen atoms in total. The number of carbonyl (C=O) groups excluding carboxylic acids is 1. The summed E-state index contributed by atoms with van der Waals surface area (Å²) in [7, 11) is 0. The van der Waals surface area contributed by atoms with Gasteiger partial charge in [-0.25, -0.2) is 0 Å². The van der Waals surface area contributed by atoms with Gasteiger partial charge in [0.1, 0.15) is 11.6 Å². The van der Waals surface area contributed by atoms with Crippen molar-refractivity contribution in [2.24, 2.45) is 0 Å². The van der Waals surface area contributed by atoms with Crippen LogP contribution in [0.2, 0.25) is 0 Å². The molecule has 1 aromatic rings.